The Hall–Kier alpha value is -1.18. The maximum atomic E-state index is 11.0. The molecule has 0 aliphatic heterocycles. The maximum absolute atomic E-state index is 11.0. The van der Waals surface area contributed by atoms with Gasteiger partial charge in [-0.25, -0.2) is 0 Å². The highest BCUT2D eigenvalue weighted by molar-refractivity contribution is 14.1. The molecule has 0 heterocycles. The van der Waals surface area contributed by atoms with E-state index in [0.717, 1.165) is 3.57 Å². The van der Waals surface area contributed by atoms with Gasteiger partial charge in [0, 0.05) is 15.2 Å². The van der Waals surface area contributed by atoms with E-state index in [2.05, 4.69) is 4.74 Å². The Balaban J connectivity index is 3.06. The lowest BCUT2D eigenvalue weighted by Crippen LogP contribution is -2.06. The Labute approximate surface area is 99.7 Å². The average molecular weight is 321 g/mol. The van der Waals surface area contributed by atoms with E-state index in [9.17, 15) is 14.9 Å². The van der Waals surface area contributed by atoms with Gasteiger partial charge in [-0.2, -0.15) is 0 Å². The maximum Gasteiger partial charge on any atom is 0.310 e. The first kappa shape index (κ1) is 11.9. The average Bonchev–Trinajstić information content (AvgIpc) is 2.20. The summed E-state index contributed by atoms with van der Waals surface area (Å²) in [7, 11) is 1.25. The predicted molar refractivity (Wildman–Crippen MR) is 61.5 cm³/mol. The van der Waals surface area contributed by atoms with Crippen molar-refractivity contribution in [3.05, 3.63) is 37.4 Å². The molecule has 15 heavy (non-hydrogen) atoms. The normalized spacial score (nSPS) is 9.73. The van der Waals surface area contributed by atoms with E-state index in [-0.39, 0.29) is 12.1 Å². The number of nitro benzene ring substituents is 1. The van der Waals surface area contributed by atoms with Crippen LogP contribution in [0, 0.1) is 13.7 Å². The number of hydrogen-bond acceptors (Lipinski definition) is 4. The highest BCUT2D eigenvalue weighted by atomic mass is 127. The van der Waals surface area contributed by atoms with Crippen LogP contribution in [0.2, 0.25) is 0 Å². The number of ether oxygens (including phenoxy) is 1. The van der Waals surface area contributed by atoms with Crippen molar-refractivity contribution in [3.8, 4) is 0 Å². The van der Waals surface area contributed by atoms with Crippen molar-refractivity contribution in [1.82, 2.24) is 0 Å². The number of esters is 1. The molecule has 0 aromatic heterocycles. The summed E-state index contributed by atoms with van der Waals surface area (Å²) in [5.74, 6) is -0.487. The molecule has 0 saturated heterocycles. The second-order valence-corrected chi connectivity index (χ2v) is 4.03. The summed E-state index contributed by atoms with van der Waals surface area (Å²) in [6.45, 7) is 0. The van der Waals surface area contributed by atoms with E-state index < -0.39 is 10.9 Å². The monoisotopic (exact) mass is 321 g/mol. The van der Waals surface area contributed by atoms with Gasteiger partial charge >= 0.3 is 5.97 Å². The molecule has 80 valence electrons. The number of halogens is 1. The van der Waals surface area contributed by atoms with Crippen LogP contribution in [0.4, 0.5) is 5.69 Å². The lowest BCUT2D eigenvalue weighted by Gasteiger charge is -2.02. The minimum Gasteiger partial charge on any atom is -0.469 e. The summed E-state index contributed by atoms with van der Waals surface area (Å²) in [5.41, 5.74) is 0.319. The summed E-state index contributed by atoms with van der Waals surface area (Å²) >= 11 is 1.98. The van der Waals surface area contributed by atoms with Crippen LogP contribution in [0.25, 0.3) is 0 Å². The van der Waals surface area contributed by atoms with Gasteiger partial charge in [-0.1, -0.05) is 6.07 Å². The first-order valence-electron chi connectivity index (χ1n) is 4.04. The third-order valence-corrected chi connectivity index (χ3v) is 2.48. The highest BCUT2D eigenvalue weighted by Crippen LogP contribution is 2.22. The first-order chi connectivity index (χ1) is 7.04. The molecule has 0 atom stereocenters. The Morgan fingerprint density at radius 3 is 2.80 bits per heavy atom. The molecule has 0 fully saturated rings. The fourth-order valence-corrected chi connectivity index (χ4v) is 1.56. The van der Waals surface area contributed by atoms with Crippen molar-refractivity contribution in [1.29, 1.82) is 0 Å². The van der Waals surface area contributed by atoms with Crippen LogP contribution < -0.4 is 0 Å². The SMILES string of the molecule is COC(=O)Cc1ccc(I)cc1[N+](=O)[O-]. The third-order valence-electron chi connectivity index (χ3n) is 1.81. The van der Waals surface area contributed by atoms with E-state index in [4.69, 9.17) is 0 Å². The van der Waals surface area contributed by atoms with Crippen LogP contribution in [0.15, 0.2) is 18.2 Å². The lowest BCUT2D eigenvalue weighted by atomic mass is 10.1. The number of rotatable bonds is 3. The number of nitrogens with zero attached hydrogens (tertiary/aromatic N) is 1. The van der Waals surface area contributed by atoms with Crippen LogP contribution in [-0.2, 0) is 16.0 Å². The second kappa shape index (κ2) is 5.06. The summed E-state index contributed by atoms with van der Waals surface area (Å²) < 4.78 is 5.21. The minimum atomic E-state index is -0.500. The number of hydrogen-bond donors (Lipinski definition) is 0. The van der Waals surface area contributed by atoms with Gasteiger partial charge in [0.25, 0.3) is 5.69 Å². The minimum absolute atomic E-state index is 0.0488. The van der Waals surface area contributed by atoms with Crippen molar-refractivity contribution >= 4 is 34.2 Å². The first-order valence-corrected chi connectivity index (χ1v) is 5.12. The second-order valence-electron chi connectivity index (χ2n) is 2.78. The fourth-order valence-electron chi connectivity index (χ4n) is 1.08. The summed E-state index contributed by atoms with van der Waals surface area (Å²) in [5, 5.41) is 10.7. The van der Waals surface area contributed by atoms with Crippen LogP contribution >= 0.6 is 22.6 Å². The Kier molecular flexibility index (Phi) is 4.01. The van der Waals surface area contributed by atoms with Crippen LogP contribution in [0.5, 0.6) is 0 Å². The molecule has 0 aliphatic rings. The van der Waals surface area contributed by atoms with E-state index in [1.165, 1.54) is 13.2 Å². The largest absolute Gasteiger partial charge is 0.469 e. The van der Waals surface area contributed by atoms with Gasteiger partial charge in [-0.15, -0.1) is 0 Å². The number of benzene rings is 1. The van der Waals surface area contributed by atoms with Crippen molar-refractivity contribution in [2.45, 2.75) is 6.42 Å². The van der Waals surface area contributed by atoms with E-state index in [1.54, 1.807) is 12.1 Å². The Morgan fingerprint density at radius 2 is 2.27 bits per heavy atom. The molecule has 0 unspecified atom stereocenters. The van der Waals surface area contributed by atoms with Gasteiger partial charge in [0.15, 0.2) is 0 Å². The van der Waals surface area contributed by atoms with Crippen molar-refractivity contribution in [3.63, 3.8) is 0 Å². The number of carbonyl (C=O) groups is 1. The van der Waals surface area contributed by atoms with Gasteiger partial charge in [0.2, 0.25) is 0 Å². The topological polar surface area (TPSA) is 69.4 Å². The highest BCUT2D eigenvalue weighted by Gasteiger charge is 2.16. The molecule has 0 radical (unpaired) electrons. The van der Waals surface area contributed by atoms with Gasteiger partial charge in [-0.05, 0) is 28.7 Å². The fraction of sp³-hybridized carbons (Fsp3) is 0.222. The number of nitro groups is 1. The molecule has 1 aromatic carbocycles. The van der Waals surface area contributed by atoms with Gasteiger partial charge in [0.05, 0.1) is 18.5 Å². The smallest absolute Gasteiger partial charge is 0.310 e. The van der Waals surface area contributed by atoms with E-state index in [1.807, 2.05) is 22.6 Å². The van der Waals surface area contributed by atoms with Crippen molar-refractivity contribution in [2.75, 3.05) is 7.11 Å². The number of methoxy groups -OCH3 is 1. The zero-order valence-electron chi connectivity index (χ0n) is 7.90. The zero-order valence-corrected chi connectivity index (χ0v) is 10.1. The standard InChI is InChI=1S/C9H8INO4/c1-15-9(12)4-6-2-3-7(10)5-8(6)11(13)14/h2-3,5H,4H2,1H3. The molecule has 0 saturated carbocycles. The summed E-state index contributed by atoms with van der Waals surface area (Å²) in [6.07, 6.45) is -0.0796. The molecule has 0 spiro atoms. The van der Waals surface area contributed by atoms with Crippen LogP contribution in [0.1, 0.15) is 5.56 Å². The molecule has 1 aromatic rings. The van der Waals surface area contributed by atoms with Crippen molar-refractivity contribution in [2.24, 2.45) is 0 Å². The third kappa shape index (κ3) is 3.15. The summed E-state index contributed by atoms with van der Waals surface area (Å²) in [4.78, 5) is 21.2. The quantitative estimate of drug-likeness (QED) is 0.369. The predicted octanol–water partition coefficient (Wildman–Crippen LogP) is 1.91. The van der Waals surface area contributed by atoms with Gasteiger partial charge in [-0.3, -0.25) is 14.9 Å². The molecule has 0 aliphatic carbocycles. The molecular weight excluding hydrogens is 313 g/mol. The Bertz CT molecular complexity index is 405. The molecule has 6 heteroatoms. The van der Waals surface area contributed by atoms with Crippen LogP contribution in [0.3, 0.4) is 0 Å². The Morgan fingerprint density at radius 1 is 1.60 bits per heavy atom. The van der Waals surface area contributed by atoms with Gasteiger partial charge in [0.1, 0.15) is 0 Å². The number of carbonyl (C=O) groups excluding carboxylic acids is 1. The molecule has 0 N–H and O–H groups in total. The lowest BCUT2D eigenvalue weighted by molar-refractivity contribution is -0.385. The molecule has 5 nitrogen and oxygen atoms in total. The zero-order chi connectivity index (χ0) is 11.4. The summed E-state index contributed by atoms with van der Waals surface area (Å²) in [6, 6.07) is 4.71. The van der Waals surface area contributed by atoms with Crippen LogP contribution in [-0.4, -0.2) is 18.0 Å². The molecule has 0 amide bonds. The molecular formula is C9H8INO4. The molecule has 1 rings (SSSR count). The molecule has 0 bridgehead atoms. The van der Waals surface area contributed by atoms with E-state index >= 15 is 0 Å². The van der Waals surface area contributed by atoms with E-state index in [0.29, 0.717) is 5.56 Å². The van der Waals surface area contributed by atoms with Gasteiger partial charge < -0.3 is 4.74 Å². The van der Waals surface area contributed by atoms with Crippen molar-refractivity contribution < 1.29 is 14.5 Å².